The van der Waals surface area contributed by atoms with Crippen LogP contribution in [0.15, 0.2) is 84.9 Å². The smallest absolute Gasteiger partial charge is 0.318 e. The highest BCUT2D eigenvalue weighted by atomic mass is 35.5. The molecule has 0 aliphatic heterocycles. The molecule has 0 spiro atoms. The minimum Gasteiger partial charge on any atom is -0.502 e. The van der Waals surface area contributed by atoms with Crippen LogP contribution < -0.4 is 0 Å². The molecule has 2 N–H and O–H groups in total. The molecule has 0 saturated heterocycles. The van der Waals surface area contributed by atoms with Gasteiger partial charge in [0.2, 0.25) is 11.5 Å². The first-order valence-electron chi connectivity index (χ1n) is 13.4. The number of phenols is 2. The van der Waals surface area contributed by atoms with E-state index < -0.39 is 85.4 Å². The molecule has 2 atom stereocenters. The molecule has 2 unspecified atom stereocenters. The lowest BCUT2D eigenvalue weighted by Crippen LogP contribution is -2.19. The number of hydrogen-bond acceptors (Lipinski definition) is 12. The van der Waals surface area contributed by atoms with Crippen molar-refractivity contribution in [2.75, 3.05) is 0 Å². The molecule has 49 heavy (non-hydrogen) atoms. The summed E-state index contributed by atoms with van der Waals surface area (Å²) < 4.78 is 29.2. The number of non-ortho nitro benzene ring substituents is 2. The van der Waals surface area contributed by atoms with Crippen molar-refractivity contribution in [1.29, 1.82) is 0 Å². The molecule has 0 heterocycles. The van der Waals surface area contributed by atoms with Crippen LogP contribution in [0, 0.1) is 40.5 Å². The van der Waals surface area contributed by atoms with Gasteiger partial charge in [0.05, 0.1) is 31.8 Å². The zero-order chi connectivity index (χ0) is 36.2. The number of nitro benzene ring substituents is 4. The van der Waals surface area contributed by atoms with Crippen LogP contribution in [-0.4, -0.2) is 38.3 Å². The first-order valence-corrected chi connectivity index (χ1v) is 15.8. The number of rotatable bonds is 12. The lowest BCUT2D eigenvalue weighted by molar-refractivity contribution is -0.395. The predicted molar refractivity (Wildman–Crippen MR) is 178 cm³/mol. The standard InChI is InChI=1S/C30H20Cl2N4O12S/c31-21-7-1-17(2-8-21)27(11-5-19-13-23(33(39)40)15-25(29(19)37)35(43)44)49(47,48)28(18-3-9-22(32)10-4-18)12-6-20-14-24(34(41)42)16-26(30(20)38)36(45)46/h1-16,27-28,37-38H. The summed E-state index contributed by atoms with van der Waals surface area (Å²) in [5, 5.41) is 64.1. The Morgan fingerprint density at radius 2 is 0.898 bits per heavy atom. The van der Waals surface area contributed by atoms with Crippen LogP contribution in [0.4, 0.5) is 22.7 Å². The van der Waals surface area contributed by atoms with Crippen molar-refractivity contribution in [3.8, 4) is 11.5 Å². The van der Waals surface area contributed by atoms with Crippen molar-refractivity contribution in [3.05, 3.63) is 158 Å². The van der Waals surface area contributed by atoms with E-state index in [0.717, 1.165) is 36.4 Å². The van der Waals surface area contributed by atoms with E-state index in [0.29, 0.717) is 12.1 Å². The quantitative estimate of drug-likeness (QED) is 0.105. The second-order valence-corrected chi connectivity index (χ2v) is 13.2. The van der Waals surface area contributed by atoms with Gasteiger partial charge in [0.1, 0.15) is 10.5 Å². The fourth-order valence-corrected chi connectivity index (χ4v) is 6.90. The van der Waals surface area contributed by atoms with E-state index in [-0.39, 0.29) is 21.2 Å². The third-order valence-electron chi connectivity index (χ3n) is 7.03. The summed E-state index contributed by atoms with van der Waals surface area (Å²) in [6.45, 7) is 0. The third kappa shape index (κ3) is 7.98. The van der Waals surface area contributed by atoms with E-state index in [1.165, 1.54) is 48.5 Å². The maximum Gasteiger partial charge on any atom is 0.318 e. The maximum atomic E-state index is 14.6. The van der Waals surface area contributed by atoms with E-state index in [1.54, 1.807) is 0 Å². The Bertz CT molecular complexity index is 2010. The molecule has 0 aliphatic rings. The Morgan fingerprint density at radius 1 is 0.571 bits per heavy atom. The predicted octanol–water partition coefficient (Wildman–Crippen LogP) is 7.66. The Kier molecular flexibility index (Phi) is 10.6. The van der Waals surface area contributed by atoms with Gasteiger partial charge in [0, 0.05) is 33.3 Å². The van der Waals surface area contributed by atoms with Gasteiger partial charge in [-0.1, -0.05) is 71.8 Å². The zero-order valence-corrected chi connectivity index (χ0v) is 26.7. The average molecular weight is 731 g/mol. The van der Waals surface area contributed by atoms with Crippen molar-refractivity contribution in [2.24, 2.45) is 0 Å². The maximum absolute atomic E-state index is 14.6. The Hall–Kier alpha value is -5.91. The summed E-state index contributed by atoms with van der Waals surface area (Å²) in [5.41, 5.74) is -4.28. The van der Waals surface area contributed by atoms with Crippen LogP contribution in [0.25, 0.3) is 12.2 Å². The molecule has 0 fully saturated rings. The topological polar surface area (TPSA) is 247 Å². The van der Waals surface area contributed by atoms with E-state index in [2.05, 4.69) is 0 Å². The Labute approximate surface area is 285 Å². The first-order chi connectivity index (χ1) is 23.0. The van der Waals surface area contributed by atoms with Gasteiger partial charge in [-0.05, 0) is 35.4 Å². The minimum absolute atomic E-state index is 0.0845. The second kappa shape index (κ2) is 14.5. The summed E-state index contributed by atoms with van der Waals surface area (Å²) in [6.07, 6.45) is 3.94. The number of nitrogens with zero attached hydrogens (tertiary/aromatic N) is 4. The molecule has 16 nitrogen and oxygen atoms in total. The fourth-order valence-electron chi connectivity index (χ4n) is 4.66. The third-order valence-corrected chi connectivity index (χ3v) is 9.81. The Morgan fingerprint density at radius 3 is 1.18 bits per heavy atom. The Balaban J connectivity index is 1.96. The van der Waals surface area contributed by atoms with Crippen LogP contribution >= 0.6 is 23.2 Å². The SMILES string of the molecule is O=[N+]([O-])c1cc(C=CC(c2ccc(Cl)cc2)S(=O)(=O)C(C=Cc2cc([N+](=O)[O-])cc([N+](=O)[O-])c2O)c2ccc(Cl)cc2)c(O)c([N+](=O)[O-])c1. The van der Waals surface area contributed by atoms with Gasteiger partial charge < -0.3 is 10.2 Å². The number of sulfone groups is 1. The van der Waals surface area contributed by atoms with Gasteiger partial charge in [-0.25, -0.2) is 8.42 Å². The minimum atomic E-state index is -4.63. The monoisotopic (exact) mass is 730 g/mol. The van der Waals surface area contributed by atoms with Crippen LogP contribution in [0.2, 0.25) is 10.0 Å². The molecule has 4 aromatic rings. The van der Waals surface area contributed by atoms with E-state index in [4.69, 9.17) is 23.2 Å². The summed E-state index contributed by atoms with van der Waals surface area (Å²) in [6, 6.07) is 13.6. The van der Waals surface area contributed by atoms with Gasteiger partial charge in [-0.15, -0.1) is 0 Å². The highest BCUT2D eigenvalue weighted by Crippen LogP contribution is 2.41. The highest BCUT2D eigenvalue weighted by molar-refractivity contribution is 7.92. The second-order valence-electron chi connectivity index (χ2n) is 10.1. The average Bonchev–Trinajstić information content (AvgIpc) is 3.03. The summed E-state index contributed by atoms with van der Waals surface area (Å²) >= 11 is 12.0. The van der Waals surface area contributed by atoms with Crippen molar-refractivity contribution >= 4 is 67.9 Å². The van der Waals surface area contributed by atoms with E-state index in [1.807, 2.05) is 0 Å². The molecule has 4 aromatic carbocycles. The van der Waals surface area contributed by atoms with Gasteiger partial charge in [0.25, 0.3) is 11.4 Å². The molecule has 0 aliphatic carbocycles. The number of aromatic hydroxyl groups is 2. The molecule has 0 aromatic heterocycles. The van der Waals surface area contributed by atoms with Crippen molar-refractivity contribution in [2.45, 2.75) is 10.5 Å². The molecular weight excluding hydrogens is 711 g/mol. The molecule has 19 heteroatoms. The van der Waals surface area contributed by atoms with Crippen LogP contribution in [0.3, 0.4) is 0 Å². The number of nitro groups is 4. The molecule has 4 rings (SSSR count). The summed E-state index contributed by atoms with van der Waals surface area (Å²) in [7, 11) is -4.63. The molecular formula is C30H20Cl2N4O12S. The van der Waals surface area contributed by atoms with Gasteiger partial charge in [-0.3, -0.25) is 40.5 Å². The molecule has 0 amide bonds. The first kappa shape index (κ1) is 35.9. The fraction of sp³-hybridized carbons (Fsp3) is 0.0667. The lowest BCUT2D eigenvalue weighted by atomic mass is 10.1. The van der Waals surface area contributed by atoms with Crippen LogP contribution in [-0.2, 0) is 9.84 Å². The molecule has 0 saturated carbocycles. The highest BCUT2D eigenvalue weighted by Gasteiger charge is 2.34. The normalized spacial score (nSPS) is 12.9. The van der Waals surface area contributed by atoms with Crippen LogP contribution in [0.5, 0.6) is 11.5 Å². The van der Waals surface area contributed by atoms with Gasteiger partial charge in [-0.2, -0.15) is 0 Å². The molecule has 0 radical (unpaired) electrons. The van der Waals surface area contributed by atoms with Gasteiger partial charge >= 0.3 is 11.4 Å². The summed E-state index contributed by atoms with van der Waals surface area (Å²) in [5.74, 6) is -1.95. The number of phenolic OH excluding ortho intramolecular Hbond substituents is 2. The number of hydrogen-bond donors (Lipinski definition) is 2. The van der Waals surface area contributed by atoms with Crippen LogP contribution in [0.1, 0.15) is 32.8 Å². The summed E-state index contributed by atoms with van der Waals surface area (Å²) in [4.78, 5) is 41.9. The zero-order valence-electron chi connectivity index (χ0n) is 24.3. The van der Waals surface area contributed by atoms with E-state index >= 15 is 0 Å². The molecule has 0 bridgehead atoms. The largest absolute Gasteiger partial charge is 0.502 e. The van der Waals surface area contributed by atoms with Gasteiger partial charge in [0.15, 0.2) is 9.84 Å². The lowest BCUT2D eigenvalue weighted by Gasteiger charge is -2.22. The van der Waals surface area contributed by atoms with E-state index in [9.17, 15) is 59.1 Å². The van der Waals surface area contributed by atoms with Crippen molar-refractivity contribution < 1.29 is 38.3 Å². The van der Waals surface area contributed by atoms with Crippen molar-refractivity contribution in [1.82, 2.24) is 0 Å². The molecule has 252 valence electrons. The number of benzene rings is 4. The number of halogens is 2. The van der Waals surface area contributed by atoms with Crippen molar-refractivity contribution in [3.63, 3.8) is 0 Å².